The quantitative estimate of drug-likeness (QED) is 0.797. The van der Waals surface area contributed by atoms with E-state index in [-0.39, 0.29) is 30.6 Å². The van der Waals surface area contributed by atoms with E-state index >= 15 is 0 Å². The van der Waals surface area contributed by atoms with Crippen molar-refractivity contribution in [2.75, 3.05) is 13.1 Å². The molecule has 1 N–H and O–H groups in total. The molecule has 2 aliphatic rings. The predicted octanol–water partition coefficient (Wildman–Crippen LogP) is 4.30. The first-order valence-corrected chi connectivity index (χ1v) is 10.5. The molecule has 29 heavy (non-hydrogen) atoms. The van der Waals surface area contributed by atoms with Crippen LogP contribution in [0.25, 0.3) is 0 Å². The smallest absolute Gasteiger partial charge is 0.410 e. The molecule has 1 heterocycles. The largest absolute Gasteiger partial charge is 0.445 e. The van der Waals surface area contributed by atoms with Crippen LogP contribution in [0.4, 0.5) is 4.79 Å². The van der Waals surface area contributed by atoms with Crippen molar-refractivity contribution in [2.24, 2.45) is 11.8 Å². The van der Waals surface area contributed by atoms with Crippen LogP contribution in [-0.2, 0) is 16.1 Å². The Kier molecular flexibility index (Phi) is 6.13. The van der Waals surface area contributed by atoms with E-state index in [0.717, 1.165) is 5.56 Å². The van der Waals surface area contributed by atoms with Crippen molar-refractivity contribution < 1.29 is 14.3 Å². The Balaban J connectivity index is 1.25. The molecule has 4 rings (SSSR count). The molecule has 5 heteroatoms. The van der Waals surface area contributed by atoms with Gasteiger partial charge in [0.15, 0.2) is 0 Å². The molecule has 2 aromatic rings. The Labute approximate surface area is 172 Å². The normalized spacial score (nSPS) is 18.1. The average Bonchev–Trinajstić information content (AvgIpc) is 3.62. The molecule has 1 saturated heterocycles. The van der Waals surface area contributed by atoms with Gasteiger partial charge in [0.05, 0.1) is 6.04 Å². The summed E-state index contributed by atoms with van der Waals surface area (Å²) in [5.74, 6) is 0.621. The molecule has 1 atom stereocenters. The van der Waals surface area contributed by atoms with Crippen LogP contribution in [0, 0.1) is 11.8 Å². The van der Waals surface area contributed by atoms with Crippen molar-refractivity contribution in [2.45, 2.75) is 38.3 Å². The zero-order valence-corrected chi connectivity index (χ0v) is 16.6. The third kappa shape index (κ3) is 5.17. The van der Waals surface area contributed by atoms with Gasteiger partial charge in [0.25, 0.3) is 0 Å². The second-order valence-corrected chi connectivity index (χ2v) is 8.04. The summed E-state index contributed by atoms with van der Waals surface area (Å²) in [6, 6.07) is 20.0. The minimum absolute atomic E-state index is 0.0434. The first-order chi connectivity index (χ1) is 14.2. The molecular formula is C24H28N2O3. The summed E-state index contributed by atoms with van der Waals surface area (Å²) in [6.07, 6.45) is 3.40. The van der Waals surface area contributed by atoms with E-state index in [4.69, 9.17) is 4.74 Å². The van der Waals surface area contributed by atoms with E-state index in [1.54, 1.807) is 4.90 Å². The number of nitrogens with one attached hydrogen (secondary N) is 1. The van der Waals surface area contributed by atoms with Gasteiger partial charge in [0, 0.05) is 19.0 Å². The summed E-state index contributed by atoms with van der Waals surface area (Å²) in [5.41, 5.74) is 2.16. The molecule has 1 aliphatic carbocycles. The lowest BCUT2D eigenvalue weighted by Gasteiger charge is -2.31. The average molecular weight is 392 g/mol. The SMILES string of the molecule is O=C(N[C@H](c1ccccc1)C1CC1)C1CCN(C(=O)OCc2ccccc2)CC1. The fourth-order valence-electron chi connectivity index (χ4n) is 3.97. The second kappa shape index (κ2) is 9.12. The molecule has 0 bridgehead atoms. The fourth-order valence-corrected chi connectivity index (χ4v) is 3.97. The lowest BCUT2D eigenvalue weighted by atomic mass is 9.94. The van der Waals surface area contributed by atoms with Crippen LogP contribution in [0.2, 0.25) is 0 Å². The Morgan fingerprint density at radius 3 is 2.17 bits per heavy atom. The third-order valence-electron chi connectivity index (χ3n) is 5.88. The predicted molar refractivity (Wildman–Crippen MR) is 111 cm³/mol. The molecular weight excluding hydrogens is 364 g/mol. The van der Waals surface area contributed by atoms with Gasteiger partial charge in [-0.25, -0.2) is 4.79 Å². The van der Waals surface area contributed by atoms with E-state index in [9.17, 15) is 9.59 Å². The lowest BCUT2D eigenvalue weighted by molar-refractivity contribution is -0.127. The molecule has 1 aliphatic heterocycles. The van der Waals surface area contributed by atoms with Gasteiger partial charge in [-0.15, -0.1) is 0 Å². The first kappa shape index (κ1) is 19.5. The molecule has 5 nitrogen and oxygen atoms in total. The van der Waals surface area contributed by atoms with Crippen molar-refractivity contribution in [3.8, 4) is 0 Å². The Hall–Kier alpha value is -2.82. The number of amides is 2. The number of ether oxygens (including phenoxy) is 1. The van der Waals surface area contributed by atoms with Gasteiger partial charge in [-0.3, -0.25) is 4.79 Å². The number of benzene rings is 2. The number of likely N-dealkylation sites (tertiary alicyclic amines) is 1. The van der Waals surface area contributed by atoms with Crippen molar-refractivity contribution >= 4 is 12.0 Å². The molecule has 152 valence electrons. The minimum Gasteiger partial charge on any atom is -0.445 e. The Morgan fingerprint density at radius 2 is 1.55 bits per heavy atom. The zero-order chi connectivity index (χ0) is 20.1. The number of carbonyl (C=O) groups excluding carboxylic acids is 2. The minimum atomic E-state index is -0.298. The van der Waals surface area contributed by atoms with Crippen molar-refractivity contribution in [1.82, 2.24) is 10.2 Å². The maximum atomic E-state index is 12.9. The van der Waals surface area contributed by atoms with Gasteiger partial charge in [-0.05, 0) is 42.7 Å². The first-order valence-electron chi connectivity index (χ1n) is 10.5. The maximum Gasteiger partial charge on any atom is 0.410 e. The van der Waals surface area contributed by atoms with Crippen LogP contribution in [0.3, 0.4) is 0 Å². The highest BCUT2D eigenvalue weighted by Gasteiger charge is 2.35. The molecule has 2 amide bonds. The Morgan fingerprint density at radius 1 is 0.931 bits per heavy atom. The Bertz CT molecular complexity index is 813. The van der Waals surface area contributed by atoms with Gasteiger partial charge in [0.2, 0.25) is 5.91 Å². The van der Waals surface area contributed by atoms with Crippen molar-refractivity contribution in [3.05, 3.63) is 71.8 Å². The molecule has 1 saturated carbocycles. The van der Waals surface area contributed by atoms with Crippen LogP contribution in [0.15, 0.2) is 60.7 Å². The highest BCUT2D eigenvalue weighted by atomic mass is 16.6. The van der Waals surface area contributed by atoms with E-state index in [2.05, 4.69) is 17.4 Å². The number of nitrogens with zero attached hydrogens (tertiary/aromatic N) is 1. The van der Waals surface area contributed by atoms with Crippen LogP contribution in [0.5, 0.6) is 0 Å². The summed E-state index contributed by atoms with van der Waals surface area (Å²) >= 11 is 0. The van der Waals surface area contributed by atoms with E-state index < -0.39 is 0 Å². The molecule has 0 aromatic heterocycles. The highest BCUT2D eigenvalue weighted by molar-refractivity contribution is 5.79. The standard InChI is InChI=1S/C24H28N2O3/c27-23(25-22(20-11-12-20)19-9-5-2-6-10-19)21-13-15-26(16-14-21)24(28)29-17-18-7-3-1-4-8-18/h1-10,20-22H,11-17H2,(H,25,27)/t22-/m1/s1. The highest BCUT2D eigenvalue weighted by Crippen LogP contribution is 2.41. The fraction of sp³-hybridized carbons (Fsp3) is 0.417. The summed E-state index contributed by atoms with van der Waals surface area (Å²) in [6.45, 7) is 1.40. The van der Waals surface area contributed by atoms with Crippen LogP contribution < -0.4 is 5.32 Å². The second-order valence-electron chi connectivity index (χ2n) is 8.04. The maximum absolute atomic E-state index is 12.9. The third-order valence-corrected chi connectivity index (χ3v) is 5.88. The van der Waals surface area contributed by atoms with Gasteiger partial charge in [-0.1, -0.05) is 60.7 Å². The number of hydrogen-bond acceptors (Lipinski definition) is 3. The van der Waals surface area contributed by atoms with E-state index in [0.29, 0.717) is 31.8 Å². The number of piperidine rings is 1. The lowest BCUT2D eigenvalue weighted by Crippen LogP contribution is -2.44. The molecule has 0 radical (unpaired) electrons. The monoisotopic (exact) mass is 392 g/mol. The van der Waals surface area contributed by atoms with Gasteiger partial charge >= 0.3 is 6.09 Å². The summed E-state index contributed by atoms with van der Waals surface area (Å²) in [7, 11) is 0. The number of hydrogen-bond donors (Lipinski definition) is 1. The molecule has 2 fully saturated rings. The van der Waals surface area contributed by atoms with Gasteiger partial charge < -0.3 is 15.0 Å². The summed E-state index contributed by atoms with van der Waals surface area (Å²) in [4.78, 5) is 26.9. The number of carbonyl (C=O) groups is 2. The van der Waals surface area contributed by atoms with Crippen LogP contribution >= 0.6 is 0 Å². The molecule has 0 spiro atoms. The zero-order valence-electron chi connectivity index (χ0n) is 16.6. The summed E-state index contributed by atoms with van der Waals surface area (Å²) in [5, 5.41) is 3.28. The molecule has 0 unspecified atom stereocenters. The van der Waals surface area contributed by atoms with Crippen molar-refractivity contribution in [1.29, 1.82) is 0 Å². The molecule has 2 aromatic carbocycles. The van der Waals surface area contributed by atoms with E-state index in [1.807, 2.05) is 48.5 Å². The van der Waals surface area contributed by atoms with Crippen molar-refractivity contribution in [3.63, 3.8) is 0 Å². The number of rotatable bonds is 6. The van der Waals surface area contributed by atoms with Crippen LogP contribution in [-0.4, -0.2) is 30.0 Å². The van der Waals surface area contributed by atoms with Gasteiger partial charge in [-0.2, -0.15) is 0 Å². The van der Waals surface area contributed by atoms with Crippen LogP contribution in [0.1, 0.15) is 42.9 Å². The summed E-state index contributed by atoms with van der Waals surface area (Å²) < 4.78 is 5.41. The van der Waals surface area contributed by atoms with E-state index in [1.165, 1.54) is 18.4 Å². The topological polar surface area (TPSA) is 58.6 Å². The van der Waals surface area contributed by atoms with Gasteiger partial charge in [0.1, 0.15) is 6.61 Å².